The summed E-state index contributed by atoms with van der Waals surface area (Å²) in [5.41, 5.74) is 0.635. The number of rotatable bonds is 16. The van der Waals surface area contributed by atoms with Gasteiger partial charge < -0.3 is 29.7 Å². The molecule has 3 fully saturated rings. The van der Waals surface area contributed by atoms with E-state index in [0.29, 0.717) is 42.0 Å². The van der Waals surface area contributed by atoms with Crippen molar-refractivity contribution in [1.82, 2.24) is 10.2 Å². The molecule has 0 aliphatic carbocycles. The van der Waals surface area contributed by atoms with E-state index in [2.05, 4.69) is 34.4 Å². The number of benzene rings is 2. The lowest BCUT2D eigenvalue weighted by Gasteiger charge is -2.37. The second-order valence-corrected chi connectivity index (χ2v) is 14.3. The molecule has 3 aliphatic rings. The van der Waals surface area contributed by atoms with Crippen LogP contribution in [0.4, 0.5) is 5.69 Å². The minimum absolute atomic E-state index is 0.0353. The third-order valence-corrected chi connectivity index (χ3v) is 10.8. The molecule has 2 N–H and O–H groups in total. The molecule has 0 radical (unpaired) electrons. The monoisotopic (exact) mass is 755 g/mol. The Labute approximate surface area is 300 Å². The van der Waals surface area contributed by atoms with E-state index in [9.17, 15) is 24.3 Å². The lowest BCUT2D eigenvalue weighted by molar-refractivity contribution is -0.160. The standard InChI is InChI=1S/C37H43BrClN3O7/c1-4-6-17-28(44)40-22-27(24-14-8-7-9-15-24)48-36(47)29-30-34(45)42(19-10-11-20-43)33(37(30)21-25(38)32(29)49-37)35(46)41(18-5-2)31-23(3)13-12-16-26(31)39/h4-5,7-9,12-16,25,27,29-30,32-33,43H,1-2,6,10-11,17-22H2,3H3,(H,40,44)/t25?,27-,29+,30-,32+,33+,37-/m1/s1. The largest absolute Gasteiger partial charge is 0.455 e. The number of fused-ring (bicyclic) bond motifs is 1. The summed E-state index contributed by atoms with van der Waals surface area (Å²) < 4.78 is 12.8. The Balaban J connectivity index is 1.50. The SMILES string of the molecule is C=CCCC(=O)NC[C@@H](OC(=O)[C@@H]1[C@H]2O[C@@]3(CC2Br)[C@H](C(=O)N(CC=C)c2c(C)cccc2Cl)N(CCCCO)C(=O)[C@@H]13)c1ccccc1. The Morgan fingerprint density at radius 3 is 2.61 bits per heavy atom. The Morgan fingerprint density at radius 1 is 1.18 bits per heavy atom. The fraction of sp³-hybridized carbons (Fsp3) is 0.459. The van der Waals surface area contributed by atoms with Gasteiger partial charge in [-0.25, -0.2) is 0 Å². The van der Waals surface area contributed by atoms with E-state index in [1.807, 2.05) is 43.3 Å². The molecule has 262 valence electrons. The second-order valence-electron chi connectivity index (χ2n) is 12.7. The molecule has 3 heterocycles. The van der Waals surface area contributed by atoms with Crippen LogP contribution < -0.4 is 10.2 Å². The first-order valence-electron chi connectivity index (χ1n) is 16.6. The molecular weight excluding hydrogens is 714 g/mol. The van der Waals surface area contributed by atoms with Gasteiger partial charge in [-0.2, -0.15) is 0 Å². The number of hydrogen-bond acceptors (Lipinski definition) is 7. The molecule has 3 amide bonds. The number of unbranched alkanes of at least 4 members (excludes halogenated alkanes) is 1. The van der Waals surface area contributed by atoms with Crippen molar-refractivity contribution in [2.45, 2.75) is 67.7 Å². The normalized spacial score (nSPS) is 25.8. The van der Waals surface area contributed by atoms with Gasteiger partial charge in [0.15, 0.2) is 0 Å². The number of hydrogen-bond donors (Lipinski definition) is 2. The number of alkyl halides is 1. The zero-order chi connectivity index (χ0) is 35.3. The summed E-state index contributed by atoms with van der Waals surface area (Å²) in [5, 5.41) is 12.8. The van der Waals surface area contributed by atoms with Crippen LogP contribution in [0.3, 0.4) is 0 Å². The lowest BCUT2D eigenvalue weighted by Crippen LogP contribution is -2.57. The number of aliphatic hydroxyl groups is 1. The van der Waals surface area contributed by atoms with Gasteiger partial charge in [0, 0.05) is 30.9 Å². The van der Waals surface area contributed by atoms with Gasteiger partial charge in [0.1, 0.15) is 17.7 Å². The van der Waals surface area contributed by atoms with E-state index in [1.54, 1.807) is 24.3 Å². The molecule has 3 saturated heterocycles. The van der Waals surface area contributed by atoms with Crippen LogP contribution in [-0.4, -0.2) is 82.5 Å². The number of amides is 3. The average molecular weight is 757 g/mol. The van der Waals surface area contributed by atoms with Gasteiger partial charge in [-0.15, -0.1) is 13.2 Å². The number of nitrogens with one attached hydrogen (secondary N) is 1. The number of para-hydroxylation sites is 1. The van der Waals surface area contributed by atoms with Crippen molar-refractivity contribution in [2.24, 2.45) is 11.8 Å². The summed E-state index contributed by atoms with van der Waals surface area (Å²) in [4.78, 5) is 58.8. The summed E-state index contributed by atoms with van der Waals surface area (Å²) in [6.07, 6.45) is 3.64. The van der Waals surface area contributed by atoms with E-state index in [-0.39, 0.29) is 49.3 Å². The van der Waals surface area contributed by atoms with Crippen LogP contribution in [0, 0.1) is 18.8 Å². The topological polar surface area (TPSA) is 125 Å². The van der Waals surface area contributed by atoms with E-state index in [4.69, 9.17) is 21.1 Å². The maximum absolute atomic E-state index is 14.8. The third kappa shape index (κ3) is 7.22. The van der Waals surface area contributed by atoms with E-state index < -0.39 is 47.6 Å². The predicted octanol–water partition coefficient (Wildman–Crippen LogP) is 5.05. The number of carbonyl (C=O) groups excluding carboxylic acids is 4. The fourth-order valence-corrected chi connectivity index (χ4v) is 8.75. The number of aryl methyl sites for hydroxylation is 1. The Morgan fingerprint density at radius 2 is 1.94 bits per heavy atom. The highest BCUT2D eigenvalue weighted by atomic mass is 79.9. The van der Waals surface area contributed by atoms with Crippen LogP contribution in [-0.2, 0) is 28.7 Å². The number of allylic oxidation sites excluding steroid dienone is 1. The molecule has 1 spiro atoms. The lowest BCUT2D eigenvalue weighted by atomic mass is 9.70. The number of aliphatic hydroxyl groups excluding tert-OH is 1. The number of ether oxygens (including phenoxy) is 2. The highest BCUT2D eigenvalue weighted by Crippen LogP contribution is 2.60. The molecule has 0 aromatic heterocycles. The highest BCUT2D eigenvalue weighted by Gasteiger charge is 2.77. The van der Waals surface area contributed by atoms with E-state index in [1.165, 1.54) is 9.80 Å². The molecule has 10 nitrogen and oxygen atoms in total. The Kier molecular flexibility index (Phi) is 12.0. The molecule has 12 heteroatoms. The minimum atomic E-state index is -1.33. The fourth-order valence-electron chi connectivity index (χ4n) is 7.49. The molecular formula is C37H43BrClN3O7. The molecule has 2 aromatic rings. The first kappa shape index (κ1) is 36.8. The molecule has 3 aliphatic heterocycles. The van der Waals surface area contributed by atoms with Crippen LogP contribution in [0.1, 0.15) is 49.3 Å². The number of anilines is 1. The van der Waals surface area contributed by atoms with Crippen LogP contribution in [0.2, 0.25) is 5.02 Å². The molecule has 2 bridgehead atoms. The number of carbonyl (C=O) groups is 4. The van der Waals surface area contributed by atoms with Crippen LogP contribution in [0.25, 0.3) is 0 Å². The quantitative estimate of drug-likeness (QED) is 0.106. The number of nitrogens with zero attached hydrogens (tertiary/aromatic N) is 2. The van der Waals surface area contributed by atoms with E-state index >= 15 is 0 Å². The molecule has 7 atom stereocenters. The van der Waals surface area contributed by atoms with Gasteiger partial charge in [-0.3, -0.25) is 19.2 Å². The van der Waals surface area contributed by atoms with Crippen molar-refractivity contribution in [3.05, 3.63) is 90.0 Å². The molecule has 2 aromatic carbocycles. The van der Waals surface area contributed by atoms with Crippen molar-refractivity contribution < 1.29 is 33.8 Å². The smallest absolute Gasteiger partial charge is 0.313 e. The number of likely N-dealkylation sites (tertiary alicyclic amines) is 1. The van der Waals surface area contributed by atoms with Gasteiger partial charge >= 0.3 is 5.97 Å². The Bertz CT molecular complexity index is 1550. The van der Waals surface area contributed by atoms with Gasteiger partial charge in [-0.05, 0) is 49.8 Å². The maximum Gasteiger partial charge on any atom is 0.313 e. The first-order chi connectivity index (χ1) is 23.6. The zero-order valence-electron chi connectivity index (χ0n) is 27.6. The van der Waals surface area contributed by atoms with Gasteiger partial charge in [-0.1, -0.05) is 82.1 Å². The van der Waals surface area contributed by atoms with Crippen molar-refractivity contribution in [3.63, 3.8) is 0 Å². The minimum Gasteiger partial charge on any atom is -0.455 e. The zero-order valence-corrected chi connectivity index (χ0v) is 29.9. The summed E-state index contributed by atoms with van der Waals surface area (Å²) in [6, 6.07) is 13.4. The first-order valence-corrected chi connectivity index (χ1v) is 17.9. The summed E-state index contributed by atoms with van der Waals surface area (Å²) in [7, 11) is 0. The maximum atomic E-state index is 14.8. The summed E-state index contributed by atoms with van der Waals surface area (Å²) in [6.45, 7) is 9.66. The molecule has 49 heavy (non-hydrogen) atoms. The number of halogens is 2. The summed E-state index contributed by atoms with van der Waals surface area (Å²) in [5.74, 6) is -3.61. The van der Waals surface area contributed by atoms with Gasteiger partial charge in [0.2, 0.25) is 11.8 Å². The average Bonchev–Trinajstić information content (AvgIpc) is 3.68. The molecule has 0 saturated carbocycles. The van der Waals surface area contributed by atoms with Gasteiger partial charge in [0.25, 0.3) is 5.91 Å². The molecule has 1 unspecified atom stereocenters. The van der Waals surface area contributed by atoms with Crippen molar-refractivity contribution in [2.75, 3.05) is 31.1 Å². The van der Waals surface area contributed by atoms with Crippen LogP contribution >= 0.6 is 27.5 Å². The third-order valence-electron chi connectivity index (χ3n) is 9.63. The second kappa shape index (κ2) is 16.0. The summed E-state index contributed by atoms with van der Waals surface area (Å²) >= 11 is 10.4. The van der Waals surface area contributed by atoms with Crippen molar-refractivity contribution >= 4 is 56.9 Å². The van der Waals surface area contributed by atoms with Crippen molar-refractivity contribution in [1.29, 1.82) is 0 Å². The number of esters is 1. The van der Waals surface area contributed by atoms with Crippen molar-refractivity contribution in [3.8, 4) is 0 Å². The van der Waals surface area contributed by atoms with Crippen LogP contribution in [0.5, 0.6) is 0 Å². The van der Waals surface area contributed by atoms with Gasteiger partial charge in [0.05, 0.1) is 35.2 Å². The molecule has 5 rings (SSSR count). The Hall–Kier alpha value is -3.51. The predicted molar refractivity (Wildman–Crippen MR) is 190 cm³/mol. The highest BCUT2D eigenvalue weighted by molar-refractivity contribution is 9.09. The van der Waals surface area contributed by atoms with E-state index in [0.717, 1.165) is 5.56 Å². The van der Waals surface area contributed by atoms with Crippen LogP contribution in [0.15, 0.2) is 73.8 Å².